The van der Waals surface area contributed by atoms with Crippen LogP contribution in [0, 0.1) is 6.92 Å². The zero-order valence-electron chi connectivity index (χ0n) is 9.87. The van der Waals surface area contributed by atoms with Gasteiger partial charge in [0.1, 0.15) is 0 Å². The molecule has 2 aromatic rings. The number of halogens is 1. The fourth-order valence-corrected chi connectivity index (χ4v) is 1.88. The molecule has 0 atom stereocenters. The Hall–Kier alpha value is -1.68. The second kappa shape index (κ2) is 4.67. The first-order chi connectivity index (χ1) is 8.09. The Morgan fingerprint density at radius 3 is 2.82 bits per heavy atom. The molecular weight excluding hydrogens is 236 g/mol. The van der Waals surface area contributed by atoms with Crippen molar-refractivity contribution in [2.24, 2.45) is 7.05 Å². The Bertz CT molecular complexity index is 513. The highest BCUT2D eigenvalue weighted by molar-refractivity contribution is 6.33. The molecule has 2 rings (SSSR count). The van der Waals surface area contributed by atoms with E-state index >= 15 is 0 Å². The van der Waals surface area contributed by atoms with Gasteiger partial charge in [-0.2, -0.15) is 5.10 Å². The summed E-state index contributed by atoms with van der Waals surface area (Å²) in [5.41, 5.74) is 9.55. The predicted octanol–water partition coefficient (Wildman–Crippen LogP) is 2.58. The number of nitrogens with zero attached hydrogens (tertiary/aromatic N) is 2. The van der Waals surface area contributed by atoms with Crippen LogP contribution in [-0.4, -0.2) is 9.78 Å². The summed E-state index contributed by atoms with van der Waals surface area (Å²) < 4.78 is 1.84. The van der Waals surface area contributed by atoms with Crippen molar-refractivity contribution >= 4 is 23.0 Å². The molecule has 5 heteroatoms. The number of rotatable bonds is 3. The smallest absolute Gasteiger partial charge is 0.0765 e. The molecule has 0 aliphatic heterocycles. The Morgan fingerprint density at radius 1 is 1.47 bits per heavy atom. The Labute approximate surface area is 105 Å². The van der Waals surface area contributed by atoms with Crippen molar-refractivity contribution in [2.75, 3.05) is 11.1 Å². The van der Waals surface area contributed by atoms with Crippen LogP contribution in [0.15, 0.2) is 24.4 Å². The fraction of sp³-hybridized carbons (Fsp3) is 0.250. The molecule has 0 saturated heterocycles. The van der Waals surface area contributed by atoms with Gasteiger partial charge in [0, 0.05) is 24.8 Å². The van der Waals surface area contributed by atoms with Gasteiger partial charge in [0.05, 0.1) is 22.6 Å². The summed E-state index contributed by atoms with van der Waals surface area (Å²) in [7, 11) is 1.92. The number of hydrogen-bond acceptors (Lipinski definition) is 3. The van der Waals surface area contributed by atoms with E-state index in [1.54, 1.807) is 0 Å². The van der Waals surface area contributed by atoms with Gasteiger partial charge in [0.25, 0.3) is 0 Å². The number of benzene rings is 1. The Balaban J connectivity index is 2.15. The number of aromatic nitrogens is 2. The van der Waals surface area contributed by atoms with Crippen molar-refractivity contribution in [3.63, 3.8) is 0 Å². The number of nitrogen functional groups attached to an aromatic ring is 1. The van der Waals surface area contributed by atoms with E-state index in [-0.39, 0.29) is 0 Å². The molecule has 0 fully saturated rings. The fourth-order valence-electron chi connectivity index (χ4n) is 1.63. The summed E-state index contributed by atoms with van der Waals surface area (Å²) in [6.45, 7) is 2.69. The van der Waals surface area contributed by atoms with Crippen molar-refractivity contribution < 1.29 is 0 Å². The van der Waals surface area contributed by atoms with Crippen LogP contribution < -0.4 is 11.1 Å². The molecule has 0 bridgehead atoms. The third-order valence-electron chi connectivity index (χ3n) is 2.84. The predicted molar refractivity (Wildman–Crippen MR) is 71.1 cm³/mol. The SMILES string of the molecule is Cc1c(CNc2c(N)cccc2Cl)cnn1C. The van der Waals surface area contributed by atoms with Crippen LogP contribution in [0.5, 0.6) is 0 Å². The molecule has 0 saturated carbocycles. The van der Waals surface area contributed by atoms with Crippen LogP contribution >= 0.6 is 11.6 Å². The van der Waals surface area contributed by atoms with Crippen molar-refractivity contribution in [1.29, 1.82) is 0 Å². The van der Waals surface area contributed by atoms with E-state index in [0.29, 0.717) is 17.3 Å². The minimum Gasteiger partial charge on any atom is -0.397 e. The molecule has 0 spiro atoms. The van der Waals surface area contributed by atoms with Gasteiger partial charge in [-0.3, -0.25) is 4.68 Å². The first kappa shape index (κ1) is 11.8. The molecule has 0 aliphatic rings. The number of nitrogens with one attached hydrogen (secondary N) is 1. The third kappa shape index (κ3) is 2.36. The maximum Gasteiger partial charge on any atom is 0.0765 e. The topological polar surface area (TPSA) is 55.9 Å². The van der Waals surface area contributed by atoms with Crippen LogP contribution in [0.25, 0.3) is 0 Å². The van der Waals surface area contributed by atoms with E-state index in [1.807, 2.05) is 43.0 Å². The average Bonchev–Trinajstić information content (AvgIpc) is 2.60. The molecule has 0 radical (unpaired) electrons. The molecule has 1 aromatic carbocycles. The maximum absolute atomic E-state index is 6.08. The van der Waals surface area contributed by atoms with Crippen molar-refractivity contribution in [3.05, 3.63) is 40.7 Å². The lowest BCUT2D eigenvalue weighted by Crippen LogP contribution is -2.04. The van der Waals surface area contributed by atoms with Crippen molar-refractivity contribution in [2.45, 2.75) is 13.5 Å². The molecule has 90 valence electrons. The number of nitrogens with two attached hydrogens (primary N) is 1. The second-order valence-corrected chi connectivity index (χ2v) is 4.34. The minimum absolute atomic E-state index is 0.631. The molecule has 3 N–H and O–H groups in total. The van der Waals surface area contributed by atoms with Crippen LogP contribution in [0.2, 0.25) is 5.02 Å². The van der Waals surface area contributed by atoms with Gasteiger partial charge in [-0.25, -0.2) is 0 Å². The standard InChI is InChI=1S/C12H15ClN4/c1-8-9(7-16-17(8)2)6-15-12-10(13)4-3-5-11(12)14/h3-5,7,15H,6,14H2,1-2H3. The van der Waals surface area contributed by atoms with Crippen molar-refractivity contribution in [1.82, 2.24) is 9.78 Å². The lowest BCUT2D eigenvalue weighted by molar-refractivity contribution is 0.738. The van der Waals surface area contributed by atoms with Gasteiger partial charge in [-0.1, -0.05) is 17.7 Å². The van der Waals surface area contributed by atoms with E-state index in [0.717, 1.165) is 16.9 Å². The molecule has 4 nitrogen and oxygen atoms in total. The zero-order valence-corrected chi connectivity index (χ0v) is 10.6. The summed E-state index contributed by atoms with van der Waals surface area (Å²) in [4.78, 5) is 0. The molecule has 17 heavy (non-hydrogen) atoms. The molecular formula is C12H15ClN4. The first-order valence-electron chi connectivity index (χ1n) is 5.35. The molecule has 0 aliphatic carbocycles. The lowest BCUT2D eigenvalue weighted by atomic mass is 10.2. The van der Waals surface area contributed by atoms with Gasteiger partial charge >= 0.3 is 0 Å². The van der Waals surface area contributed by atoms with E-state index in [2.05, 4.69) is 10.4 Å². The zero-order chi connectivity index (χ0) is 12.4. The molecule has 1 aromatic heterocycles. The number of anilines is 2. The number of hydrogen-bond donors (Lipinski definition) is 2. The highest BCUT2D eigenvalue weighted by Gasteiger charge is 2.06. The summed E-state index contributed by atoms with van der Waals surface area (Å²) in [5.74, 6) is 0. The number of para-hydroxylation sites is 1. The monoisotopic (exact) mass is 250 g/mol. The van der Waals surface area contributed by atoms with E-state index < -0.39 is 0 Å². The highest BCUT2D eigenvalue weighted by Crippen LogP contribution is 2.28. The average molecular weight is 251 g/mol. The molecule has 0 amide bonds. The van der Waals surface area contributed by atoms with E-state index in [1.165, 1.54) is 0 Å². The summed E-state index contributed by atoms with van der Waals surface area (Å²) in [5, 5.41) is 8.06. The molecule has 0 unspecified atom stereocenters. The second-order valence-electron chi connectivity index (χ2n) is 3.94. The highest BCUT2D eigenvalue weighted by atomic mass is 35.5. The Kier molecular flexibility index (Phi) is 3.24. The van der Waals surface area contributed by atoms with E-state index in [9.17, 15) is 0 Å². The lowest BCUT2D eigenvalue weighted by Gasteiger charge is -2.10. The van der Waals surface area contributed by atoms with Crippen molar-refractivity contribution in [3.8, 4) is 0 Å². The minimum atomic E-state index is 0.631. The molecule has 1 heterocycles. The number of aryl methyl sites for hydroxylation is 1. The quantitative estimate of drug-likeness (QED) is 0.824. The van der Waals surface area contributed by atoms with Gasteiger partial charge in [-0.15, -0.1) is 0 Å². The largest absolute Gasteiger partial charge is 0.397 e. The first-order valence-corrected chi connectivity index (χ1v) is 5.72. The van der Waals surface area contributed by atoms with Gasteiger partial charge < -0.3 is 11.1 Å². The third-order valence-corrected chi connectivity index (χ3v) is 3.15. The Morgan fingerprint density at radius 2 is 2.24 bits per heavy atom. The summed E-state index contributed by atoms with van der Waals surface area (Å²) >= 11 is 6.08. The summed E-state index contributed by atoms with van der Waals surface area (Å²) in [6.07, 6.45) is 1.84. The van der Waals surface area contributed by atoms with Crippen LogP contribution in [0.4, 0.5) is 11.4 Å². The van der Waals surface area contributed by atoms with Gasteiger partial charge in [-0.05, 0) is 19.1 Å². The van der Waals surface area contributed by atoms with Gasteiger partial charge in [0.15, 0.2) is 0 Å². The van der Waals surface area contributed by atoms with Crippen LogP contribution in [0.3, 0.4) is 0 Å². The maximum atomic E-state index is 6.08. The van der Waals surface area contributed by atoms with Gasteiger partial charge in [0.2, 0.25) is 0 Å². The normalized spacial score (nSPS) is 10.5. The summed E-state index contributed by atoms with van der Waals surface area (Å²) in [6, 6.07) is 5.47. The van der Waals surface area contributed by atoms with Crippen LogP contribution in [0.1, 0.15) is 11.3 Å². The van der Waals surface area contributed by atoms with E-state index in [4.69, 9.17) is 17.3 Å². The van der Waals surface area contributed by atoms with Crippen LogP contribution in [-0.2, 0) is 13.6 Å².